The van der Waals surface area contributed by atoms with Crippen molar-refractivity contribution in [3.63, 3.8) is 0 Å². The van der Waals surface area contributed by atoms with Crippen molar-refractivity contribution in [1.29, 1.82) is 0 Å². The van der Waals surface area contributed by atoms with Crippen molar-refractivity contribution in [3.05, 3.63) is 64.7 Å². The Bertz CT molecular complexity index is 952. The minimum atomic E-state index is -3.61. The van der Waals surface area contributed by atoms with Crippen molar-refractivity contribution in [2.75, 3.05) is 17.1 Å². The summed E-state index contributed by atoms with van der Waals surface area (Å²) in [7, 11) is -3.61. The number of benzene rings is 2. The van der Waals surface area contributed by atoms with Gasteiger partial charge in [0.2, 0.25) is 15.9 Å². The fraction of sp³-hybridized carbons (Fsp3) is 0.409. The van der Waals surface area contributed by atoms with E-state index in [-0.39, 0.29) is 24.4 Å². The second kappa shape index (κ2) is 8.78. The summed E-state index contributed by atoms with van der Waals surface area (Å²) in [5.74, 6) is -0.199. The molecule has 1 amide bonds. The van der Waals surface area contributed by atoms with Crippen LogP contribution in [0.1, 0.15) is 55.0 Å². The van der Waals surface area contributed by atoms with Gasteiger partial charge in [-0.2, -0.15) is 0 Å². The summed E-state index contributed by atoms with van der Waals surface area (Å²) in [5.41, 5.74) is 4.67. The lowest BCUT2D eigenvalue weighted by atomic mass is 10.00. The second-order valence-electron chi connectivity index (χ2n) is 7.63. The molecule has 0 aliphatic rings. The largest absolute Gasteiger partial charge is 0.348 e. The lowest BCUT2D eigenvalue weighted by molar-refractivity contribution is -0.120. The second-order valence-corrected chi connectivity index (χ2v) is 9.54. The minimum absolute atomic E-state index is 0.136. The van der Waals surface area contributed by atoms with E-state index >= 15 is 0 Å². The van der Waals surface area contributed by atoms with Crippen molar-refractivity contribution in [2.45, 2.75) is 46.6 Å². The van der Waals surface area contributed by atoms with E-state index in [1.165, 1.54) is 4.31 Å². The number of anilines is 1. The maximum absolute atomic E-state index is 12.7. The van der Waals surface area contributed by atoms with Gasteiger partial charge in [0.25, 0.3) is 0 Å². The zero-order chi connectivity index (χ0) is 21.1. The van der Waals surface area contributed by atoms with E-state index in [4.69, 9.17) is 0 Å². The van der Waals surface area contributed by atoms with Crippen LogP contribution in [0.15, 0.2) is 42.5 Å². The molecule has 0 aliphatic carbocycles. The van der Waals surface area contributed by atoms with E-state index in [9.17, 15) is 13.2 Å². The van der Waals surface area contributed by atoms with E-state index in [0.717, 1.165) is 28.5 Å². The molecular formula is C22H30N2O3S. The number of hydrogen-bond acceptors (Lipinski definition) is 3. The predicted molar refractivity (Wildman–Crippen MR) is 115 cm³/mol. The Labute approximate surface area is 168 Å². The number of amides is 1. The van der Waals surface area contributed by atoms with Crippen LogP contribution in [0.3, 0.4) is 0 Å². The van der Waals surface area contributed by atoms with Crippen LogP contribution in [0, 0.1) is 13.8 Å². The lowest BCUT2D eigenvalue weighted by Gasteiger charge is -2.26. The molecule has 2 aromatic carbocycles. The highest BCUT2D eigenvalue weighted by Gasteiger charge is 2.24. The number of carbonyl (C=O) groups excluding carboxylic acids is 1. The fourth-order valence-electron chi connectivity index (χ4n) is 3.31. The zero-order valence-electron chi connectivity index (χ0n) is 17.5. The Kier molecular flexibility index (Phi) is 6.88. The first kappa shape index (κ1) is 22.0. The number of nitrogens with one attached hydrogen (secondary N) is 1. The van der Waals surface area contributed by atoms with Gasteiger partial charge in [0, 0.05) is 0 Å². The van der Waals surface area contributed by atoms with Crippen molar-refractivity contribution < 1.29 is 13.2 Å². The summed E-state index contributed by atoms with van der Waals surface area (Å²) in [6.07, 6.45) is 1.13. The molecule has 5 nitrogen and oxygen atoms in total. The van der Waals surface area contributed by atoms with Gasteiger partial charge in [0.1, 0.15) is 6.54 Å². The van der Waals surface area contributed by atoms with Gasteiger partial charge in [-0.1, -0.05) is 55.8 Å². The standard InChI is InChI=1S/C22H30N2O3S/c1-15(2)19-9-7-8-10-21(19)24(28(6,26)27)14-22(25)23-18(5)20-13-16(3)11-12-17(20)4/h7-13,15,18H,14H2,1-6H3,(H,23,25)/t18-/m1/s1. The van der Waals surface area contributed by atoms with Crippen molar-refractivity contribution in [3.8, 4) is 0 Å². The topological polar surface area (TPSA) is 66.5 Å². The van der Waals surface area contributed by atoms with Gasteiger partial charge in [-0.25, -0.2) is 8.42 Å². The first-order chi connectivity index (χ1) is 13.0. The highest BCUT2D eigenvalue weighted by Crippen LogP contribution is 2.29. The summed E-state index contributed by atoms with van der Waals surface area (Å²) >= 11 is 0. The van der Waals surface area contributed by atoms with Crippen molar-refractivity contribution in [2.24, 2.45) is 0 Å². The number of carbonyl (C=O) groups is 1. The third-order valence-electron chi connectivity index (χ3n) is 4.79. The molecule has 0 heterocycles. The lowest BCUT2D eigenvalue weighted by Crippen LogP contribution is -2.41. The smallest absolute Gasteiger partial charge is 0.241 e. The van der Waals surface area contributed by atoms with Gasteiger partial charge in [0.05, 0.1) is 18.0 Å². The van der Waals surface area contributed by atoms with Crippen LogP contribution in [0.2, 0.25) is 0 Å². The summed E-state index contributed by atoms with van der Waals surface area (Å²) in [6, 6.07) is 13.2. The molecule has 1 atom stereocenters. The molecular weight excluding hydrogens is 372 g/mol. The number of aryl methyl sites for hydroxylation is 2. The van der Waals surface area contributed by atoms with Crippen LogP contribution in [0.25, 0.3) is 0 Å². The van der Waals surface area contributed by atoms with Crippen LogP contribution < -0.4 is 9.62 Å². The van der Waals surface area contributed by atoms with Crippen molar-refractivity contribution in [1.82, 2.24) is 5.32 Å². The monoisotopic (exact) mass is 402 g/mol. The molecule has 0 aliphatic heterocycles. The van der Waals surface area contributed by atoms with E-state index in [0.29, 0.717) is 5.69 Å². The van der Waals surface area contributed by atoms with Crippen LogP contribution in [0.4, 0.5) is 5.69 Å². The summed E-state index contributed by atoms with van der Waals surface area (Å²) in [6.45, 7) is 9.67. The maximum atomic E-state index is 12.7. The third kappa shape index (κ3) is 5.35. The Balaban J connectivity index is 2.27. The van der Waals surface area contributed by atoms with Gasteiger partial charge < -0.3 is 5.32 Å². The van der Waals surface area contributed by atoms with Gasteiger partial charge >= 0.3 is 0 Å². The Hall–Kier alpha value is -2.34. The molecule has 0 radical (unpaired) electrons. The number of rotatable bonds is 7. The molecule has 152 valence electrons. The molecule has 0 spiro atoms. The number of sulfonamides is 1. The quantitative estimate of drug-likeness (QED) is 0.759. The van der Waals surface area contributed by atoms with Crippen LogP contribution in [-0.4, -0.2) is 27.1 Å². The van der Waals surface area contributed by atoms with E-state index in [1.54, 1.807) is 12.1 Å². The Morgan fingerprint density at radius 1 is 1.04 bits per heavy atom. The molecule has 0 bridgehead atoms. The van der Waals surface area contributed by atoms with Gasteiger partial charge in [-0.05, 0) is 49.4 Å². The fourth-order valence-corrected chi connectivity index (χ4v) is 4.18. The van der Waals surface area contributed by atoms with E-state index in [1.807, 2.05) is 65.0 Å². The maximum Gasteiger partial charge on any atom is 0.241 e. The first-order valence-corrected chi connectivity index (χ1v) is 11.3. The molecule has 2 rings (SSSR count). The number of hydrogen-bond donors (Lipinski definition) is 1. The highest BCUT2D eigenvalue weighted by atomic mass is 32.2. The van der Waals surface area contributed by atoms with Crippen LogP contribution in [0.5, 0.6) is 0 Å². The van der Waals surface area contributed by atoms with Gasteiger partial charge in [-0.3, -0.25) is 9.10 Å². The molecule has 28 heavy (non-hydrogen) atoms. The Morgan fingerprint density at radius 2 is 1.68 bits per heavy atom. The van der Waals surface area contributed by atoms with Crippen molar-refractivity contribution >= 4 is 21.6 Å². The molecule has 2 aromatic rings. The molecule has 0 unspecified atom stereocenters. The minimum Gasteiger partial charge on any atom is -0.348 e. The van der Waals surface area contributed by atoms with Gasteiger partial charge in [0.15, 0.2) is 0 Å². The molecule has 0 aromatic heterocycles. The SMILES string of the molecule is Cc1ccc(C)c([C@@H](C)NC(=O)CN(c2ccccc2C(C)C)S(C)(=O)=O)c1. The molecule has 1 N–H and O–H groups in total. The average Bonchev–Trinajstić information content (AvgIpc) is 2.60. The number of nitrogens with zero attached hydrogens (tertiary/aromatic N) is 1. The number of para-hydroxylation sites is 1. The molecule has 0 fully saturated rings. The third-order valence-corrected chi connectivity index (χ3v) is 5.92. The van der Waals surface area contributed by atoms with Crippen LogP contribution >= 0.6 is 0 Å². The van der Waals surface area contributed by atoms with Crippen LogP contribution in [-0.2, 0) is 14.8 Å². The summed E-state index contributed by atoms with van der Waals surface area (Å²) < 4.78 is 26.1. The normalized spacial score (nSPS) is 12.7. The van der Waals surface area contributed by atoms with E-state index in [2.05, 4.69) is 5.32 Å². The Morgan fingerprint density at radius 3 is 2.29 bits per heavy atom. The molecule has 0 saturated heterocycles. The average molecular weight is 403 g/mol. The van der Waals surface area contributed by atoms with E-state index < -0.39 is 10.0 Å². The molecule has 0 saturated carbocycles. The van der Waals surface area contributed by atoms with Gasteiger partial charge in [-0.15, -0.1) is 0 Å². The summed E-state index contributed by atoms with van der Waals surface area (Å²) in [5, 5.41) is 2.94. The molecule has 6 heteroatoms. The summed E-state index contributed by atoms with van der Waals surface area (Å²) in [4.78, 5) is 12.7. The highest BCUT2D eigenvalue weighted by molar-refractivity contribution is 7.92. The predicted octanol–water partition coefficient (Wildman–Crippen LogP) is 4.07. The first-order valence-electron chi connectivity index (χ1n) is 9.44. The zero-order valence-corrected chi connectivity index (χ0v) is 18.3.